The van der Waals surface area contributed by atoms with Gasteiger partial charge in [-0.05, 0) is 30.5 Å². The van der Waals surface area contributed by atoms with Crippen LogP contribution in [0.1, 0.15) is 37.7 Å². The van der Waals surface area contributed by atoms with Gasteiger partial charge in [0.05, 0.1) is 6.42 Å². The Bertz CT molecular complexity index is 839. The van der Waals surface area contributed by atoms with Crippen LogP contribution in [-0.4, -0.2) is 47.4 Å². The molecule has 1 saturated heterocycles. The fourth-order valence-corrected chi connectivity index (χ4v) is 4.00. The summed E-state index contributed by atoms with van der Waals surface area (Å²) in [5.74, 6) is -1.45. The van der Waals surface area contributed by atoms with E-state index in [4.69, 9.17) is 27.9 Å². The van der Waals surface area contributed by atoms with Crippen LogP contribution in [0.5, 0.6) is 0 Å². The minimum Gasteiger partial charge on any atom is -0.456 e. The van der Waals surface area contributed by atoms with Gasteiger partial charge in [-0.2, -0.15) is 0 Å². The van der Waals surface area contributed by atoms with Crippen molar-refractivity contribution in [2.24, 2.45) is 0 Å². The van der Waals surface area contributed by atoms with E-state index in [0.717, 1.165) is 17.7 Å². The summed E-state index contributed by atoms with van der Waals surface area (Å²) in [7, 11) is 0. The molecule has 156 valence electrons. The third-order valence-corrected chi connectivity index (χ3v) is 5.68. The summed E-state index contributed by atoms with van der Waals surface area (Å²) < 4.78 is 4.91. The topological polar surface area (TPSA) is 105 Å². The molecule has 1 spiro atoms. The van der Waals surface area contributed by atoms with Crippen LogP contribution in [-0.2, 0) is 25.7 Å². The van der Waals surface area contributed by atoms with E-state index in [1.165, 1.54) is 0 Å². The summed E-state index contributed by atoms with van der Waals surface area (Å²) in [6, 6.07) is 4.42. The van der Waals surface area contributed by atoms with Crippen molar-refractivity contribution in [1.29, 1.82) is 0 Å². The number of imide groups is 1. The fraction of sp³-hybridized carbons (Fsp3) is 0.474. The van der Waals surface area contributed by atoms with Crippen molar-refractivity contribution in [2.45, 2.75) is 44.2 Å². The van der Waals surface area contributed by atoms with Crippen LogP contribution >= 0.6 is 23.2 Å². The molecular formula is C19H21Cl2N3O5. The molecule has 3 rings (SSSR count). The summed E-state index contributed by atoms with van der Waals surface area (Å²) >= 11 is 11.8. The largest absolute Gasteiger partial charge is 0.456 e. The minimum absolute atomic E-state index is 0.0761. The zero-order valence-corrected chi connectivity index (χ0v) is 17.1. The van der Waals surface area contributed by atoms with Gasteiger partial charge >= 0.3 is 12.0 Å². The lowest BCUT2D eigenvalue weighted by atomic mass is 9.98. The van der Waals surface area contributed by atoms with Crippen LogP contribution in [0.4, 0.5) is 4.79 Å². The van der Waals surface area contributed by atoms with Crippen LogP contribution < -0.4 is 10.6 Å². The molecule has 2 fully saturated rings. The lowest BCUT2D eigenvalue weighted by Crippen LogP contribution is -2.44. The SMILES string of the molecule is O=C(COC(=O)CCN1C(=O)NC2(CCCC2)C1=O)NCc1ccc(Cl)cc1Cl. The Morgan fingerprint density at radius 2 is 1.93 bits per heavy atom. The highest BCUT2D eigenvalue weighted by Gasteiger charge is 2.52. The predicted molar refractivity (Wildman–Crippen MR) is 105 cm³/mol. The van der Waals surface area contributed by atoms with Gasteiger partial charge < -0.3 is 15.4 Å². The summed E-state index contributed by atoms with van der Waals surface area (Å²) in [6.45, 7) is -0.377. The van der Waals surface area contributed by atoms with Crippen LogP contribution in [0.25, 0.3) is 0 Å². The van der Waals surface area contributed by atoms with Gasteiger partial charge in [-0.15, -0.1) is 0 Å². The second kappa shape index (κ2) is 9.00. The van der Waals surface area contributed by atoms with E-state index in [2.05, 4.69) is 10.6 Å². The zero-order valence-electron chi connectivity index (χ0n) is 15.6. The maximum Gasteiger partial charge on any atom is 0.325 e. The number of nitrogens with one attached hydrogen (secondary N) is 2. The monoisotopic (exact) mass is 441 g/mol. The van der Waals surface area contributed by atoms with Gasteiger partial charge in [0.15, 0.2) is 6.61 Å². The number of hydrogen-bond donors (Lipinski definition) is 2. The van der Waals surface area contributed by atoms with Crippen LogP contribution in [0.15, 0.2) is 18.2 Å². The predicted octanol–water partition coefficient (Wildman–Crippen LogP) is 2.41. The Hall–Kier alpha value is -2.32. The molecule has 1 heterocycles. The Morgan fingerprint density at radius 3 is 2.62 bits per heavy atom. The minimum atomic E-state index is -0.802. The molecule has 1 aromatic carbocycles. The standard InChI is InChI=1S/C19H21Cl2N3O5/c20-13-4-3-12(14(21)9-13)10-22-15(25)11-29-16(26)5-8-24-17(27)19(23-18(24)28)6-1-2-7-19/h3-4,9H,1-2,5-8,10-11H2,(H,22,25)(H,23,28). The summed E-state index contributed by atoms with van der Waals surface area (Å²) in [5.41, 5.74) is -0.126. The first-order valence-electron chi connectivity index (χ1n) is 9.31. The van der Waals surface area contributed by atoms with Gasteiger partial charge in [0, 0.05) is 23.1 Å². The second-order valence-electron chi connectivity index (χ2n) is 7.10. The molecule has 0 bridgehead atoms. The van der Waals surface area contributed by atoms with Crippen LogP contribution in [0.2, 0.25) is 10.0 Å². The number of amides is 4. The smallest absolute Gasteiger partial charge is 0.325 e. The maximum atomic E-state index is 12.5. The van der Waals surface area contributed by atoms with Crippen molar-refractivity contribution in [2.75, 3.05) is 13.2 Å². The number of carbonyl (C=O) groups is 4. The van der Waals surface area contributed by atoms with E-state index < -0.39 is 30.1 Å². The van der Waals surface area contributed by atoms with Gasteiger partial charge in [0.1, 0.15) is 5.54 Å². The molecule has 0 aromatic heterocycles. The third kappa shape index (κ3) is 5.00. The summed E-state index contributed by atoms with van der Waals surface area (Å²) in [4.78, 5) is 49.3. The van der Waals surface area contributed by atoms with Crippen molar-refractivity contribution >= 4 is 47.0 Å². The van der Waals surface area contributed by atoms with E-state index in [9.17, 15) is 19.2 Å². The van der Waals surface area contributed by atoms with Crippen molar-refractivity contribution in [1.82, 2.24) is 15.5 Å². The highest BCUT2D eigenvalue weighted by atomic mass is 35.5. The molecule has 0 unspecified atom stereocenters. The molecule has 1 aromatic rings. The van der Waals surface area contributed by atoms with Crippen LogP contribution in [0.3, 0.4) is 0 Å². The first kappa shape index (κ1) is 21.4. The lowest BCUT2D eigenvalue weighted by molar-refractivity contribution is -0.149. The number of ether oxygens (including phenoxy) is 1. The highest BCUT2D eigenvalue weighted by Crippen LogP contribution is 2.35. The zero-order chi connectivity index (χ0) is 21.0. The number of carbonyl (C=O) groups excluding carboxylic acids is 4. The number of rotatable bonds is 7. The van der Waals surface area contributed by atoms with Gasteiger partial charge in [-0.1, -0.05) is 42.1 Å². The third-order valence-electron chi connectivity index (χ3n) is 5.10. The average Bonchev–Trinajstić information content (AvgIpc) is 3.23. The Kier molecular flexibility index (Phi) is 6.64. The molecule has 1 aliphatic heterocycles. The van der Waals surface area contributed by atoms with Gasteiger partial charge in [0.25, 0.3) is 11.8 Å². The van der Waals surface area contributed by atoms with E-state index in [0.29, 0.717) is 28.5 Å². The lowest BCUT2D eigenvalue weighted by Gasteiger charge is -2.19. The molecule has 1 aliphatic carbocycles. The van der Waals surface area contributed by atoms with Gasteiger partial charge in [0.2, 0.25) is 0 Å². The van der Waals surface area contributed by atoms with Crippen molar-refractivity contribution < 1.29 is 23.9 Å². The number of nitrogens with zero attached hydrogens (tertiary/aromatic N) is 1. The molecule has 0 atom stereocenters. The number of benzene rings is 1. The van der Waals surface area contributed by atoms with E-state index >= 15 is 0 Å². The number of halogens is 2. The van der Waals surface area contributed by atoms with Crippen molar-refractivity contribution in [3.8, 4) is 0 Å². The molecule has 1 saturated carbocycles. The van der Waals surface area contributed by atoms with Crippen molar-refractivity contribution in [3.63, 3.8) is 0 Å². The Labute approximate surface area is 177 Å². The van der Waals surface area contributed by atoms with Crippen LogP contribution in [0, 0.1) is 0 Å². The van der Waals surface area contributed by atoms with E-state index in [1.54, 1.807) is 18.2 Å². The number of urea groups is 1. The molecule has 2 N–H and O–H groups in total. The second-order valence-corrected chi connectivity index (χ2v) is 7.94. The molecule has 2 aliphatic rings. The molecule has 29 heavy (non-hydrogen) atoms. The van der Waals surface area contributed by atoms with Crippen molar-refractivity contribution in [3.05, 3.63) is 33.8 Å². The van der Waals surface area contributed by atoms with E-state index in [-0.39, 0.29) is 25.4 Å². The first-order chi connectivity index (χ1) is 13.8. The quantitative estimate of drug-likeness (QED) is 0.499. The Balaban J connectivity index is 1.39. The first-order valence-corrected chi connectivity index (χ1v) is 10.1. The van der Waals surface area contributed by atoms with E-state index in [1.807, 2.05) is 0 Å². The molecule has 10 heteroatoms. The fourth-order valence-electron chi connectivity index (χ4n) is 3.53. The molecule has 4 amide bonds. The average molecular weight is 442 g/mol. The molecule has 0 radical (unpaired) electrons. The maximum absolute atomic E-state index is 12.5. The molecular weight excluding hydrogens is 421 g/mol. The number of esters is 1. The van der Waals surface area contributed by atoms with Gasteiger partial charge in [-0.3, -0.25) is 19.3 Å². The summed E-state index contributed by atoms with van der Waals surface area (Å²) in [5, 5.41) is 6.24. The number of hydrogen-bond acceptors (Lipinski definition) is 5. The Morgan fingerprint density at radius 1 is 1.21 bits per heavy atom. The molecule has 8 nitrogen and oxygen atoms in total. The highest BCUT2D eigenvalue weighted by molar-refractivity contribution is 6.35. The normalized spacial score (nSPS) is 17.5. The van der Waals surface area contributed by atoms with Gasteiger partial charge in [-0.25, -0.2) is 4.79 Å². The summed E-state index contributed by atoms with van der Waals surface area (Å²) in [6.07, 6.45) is 2.84.